The molecule has 1 aromatic rings. The van der Waals surface area contributed by atoms with E-state index in [0.29, 0.717) is 4.90 Å². The summed E-state index contributed by atoms with van der Waals surface area (Å²) in [7, 11) is 0. The number of hydrogen-bond donors (Lipinski definition) is 0. The Bertz CT molecular complexity index is 505. The first-order chi connectivity index (χ1) is 8.30. The van der Waals surface area contributed by atoms with Gasteiger partial charge in [0.25, 0.3) is 0 Å². The number of alkyl halides is 3. The van der Waals surface area contributed by atoms with Gasteiger partial charge in [-0.2, -0.15) is 13.2 Å². The van der Waals surface area contributed by atoms with Crippen molar-refractivity contribution in [1.82, 2.24) is 15.1 Å². The van der Waals surface area contributed by atoms with Crippen molar-refractivity contribution >= 4 is 39.5 Å². The molecule has 0 unspecified atom stereocenters. The molecule has 0 saturated carbocycles. The van der Waals surface area contributed by atoms with Gasteiger partial charge in [-0.05, 0) is 11.6 Å². The molecule has 11 heteroatoms. The van der Waals surface area contributed by atoms with Crippen LogP contribution in [0.25, 0.3) is 0 Å². The summed E-state index contributed by atoms with van der Waals surface area (Å²) in [6.45, 7) is 0.0336. The summed E-state index contributed by atoms with van der Waals surface area (Å²) in [6.07, 6.45) is -4.61. The van der Waals surface area contributed by atoms with Crippen molar-refractivity contribution < 1.29 is 22.8 Å². The molecule has 1 aromatic heterocycles. The van der Waals surface area contributed by atoms with E-state index in [1.165, 1.54) is 0 Å². The number of imide groups is 1. The van der Waals surface area contributed by atoms with Gasteiger partial charge in [0.2, 0.25) is 10.1 Å². The molecule has 18 heavy (non-hydrogen) atoms. The smallest absolute Gasteiger partial charge is 0.266 e. The van der Waals surface area contributed by atoms with Crippen LogP contribution in [0.15, 0.2) is 0 Å². The fourth-order valence-electron chi connectivity index (χ4n) is 1.32. The van der Waals surface area contributed by atoms with Gasteiger partial charge in [-0.15, -0.1) is 10.2 Å². The maximum atomic E-state index is 12.3. The Hall–Kier alpha value is -1.42. The minimum atomic E-state index is -4.61. The maximum absolute atomic E-state index is 12.3. The van der Waals surface area contributed by atoms with E-state index < -0.39 is 22.6 Å². The van der Waals surface area contributed by atoms with E-state index in [2.05, 4.69) is 10.2 Å². The number of hydrogen-bond acceptors (Lipinski definition) is 5. The lowest BCUT2D eigenvalue weighted by Crippen LogP contribution is -2.33. The molecule has 0 bridgehead atoms. The fourth-order valence-corrected chi connectivity index (χ4v) is 2.21. The molecule has 3 amide bonds. The molecule has 1 saturated heterocycles. The van der Waals surface area contributed by atoms with Gasteiger partial charge in [0, 0.05) is 13.1 Å². The van der Waals surface area contributed by atoms with E-state index in [1.807, 2.05) is 0 Å². The zero-order valence-corrected chi connectivity index (χ0v) is 10.0. The quantitative estimate of drug-likeness (QED) is 0.589. The van der Waals surface area contributed by atoms with E-state index in [4.69, 9.17) is 11.6 Å². The van der Waals surface area contributed by atoms with Crippen LogP contribution in [-0.2, 0) is 6.18 Å². The molecule has 1 fully saturated rings. The van der Waals surface area contributed by atoms with Crippen LogP contribution in [0.5, 0.6) is 0 Å². The Labute approximate surface area is 107 Å². The van der Waals surface area contributed by atoms with Gasteiger partial charge >= 0.3 is 17.6 Å². The van der Waals surface area contributed by atoms with Gasteiger partial charge in [-0.3, -0.25) is 9.69 Å². The molecule has 0 aromatic carbocycles. The monoisotopic (exact) mass is 300 g/mol. The summed E-state index contributed by atoms with van der Waals surface area (Å²) in [5, 5.41) is 3.88. The first-order valence-corrected chi connectivity index (χ1v) is 5.69. The summed E-state index contributed by atoms with van der Waals surface area (Å²) >= 11 is 5.37. The number of carbonyl (C=O) groups excluding carboxylic acids is 2. The summed E-state index contributed by atoms with van der Waals surface area (Å²) in [5.74, 6) is 0. The summed E-state index contributed by atoms with van der Waals surface area (Å²) in [6, 6.07) is -0.806. The predicted octanol–water partition coefficient (Wildman–Crippen LogP) is 2.16. The predicted molar refractivity (Wildman–Crippen MR) is 55.6 cm³/mol. The lowest BCUT2D eigenvalue weighted by molar-refractivity contribution is -0.138. The fraction of sp³-hybridized carbons (Fsp3) is 0.429. The van der Waals surface area contributed by atoms with Crippen molar-refractivity contribution in [3.05, 3.63) is 5.01 Å². The normalized spacial score (nSPS) is 16.6. The average Bonchev–Trinajstić information content (AvgIpc) is 2.81. The van der Waals surface area contributed by atoms with Crippen LogP contribution in [0, 0.1) is 0 Å². The summed E-state index contributed by atoms with van der Waals surface area (Å²) in [5.41, 5.74) is 0. The Morgan fingerprint density at radius 2 is 2.00 bits per heavy atom. The topological polar surface area (TPSA) is 66.4 Å². The molecule has 6 nitrogen and oxygen atoms in total. The lowest BCUT2D eigenvalue weighted by atomic mass is 10.6. The SMILES string of the molecule is O=C(Cl)N1CCN(c2nnc(C(F)(F)F)s2)C1=O. The van der Waals surface area contributed by atoms with Gasteiger partial charge < -0.3 is 0 Å². The van der Waals surface area contributed by atoms with Crippen LogP contribution in [0.2, 0.25) is 0 Å². The molecule has 98 valence electrons. The molecule has 1 aliphatic rings. The zero-order valence-electron chi connectivity index (χ0n) is 8.44. The number of nitrogens with zero attached hydrogens (tertiary/aromatic N) is 4. The van der Waals surface area contributed by atoms with Crippen molar-refractivity contribution in [3.8, 4) is 0 Å². The third-order valence-corrected chi connectivity index (χ3v) is 3.30. The molecular weight excluding hydrogens is 297 g/mol. The molecule has 0 spiro atoms. The highest BCUT2D eigenvalue weighted by molar-refractivity contribution is 7.15. The summed E-state index contributed by atoms with van der Waals surface area (Å²) in [4.78, 5) is 24.1. The van der Waals surface area contributed by atoms with Crippen LogP contribution >= 0.6 is 22.9 Å². The number of urea groups is 1. The van der Waals surface area contributed by atoms with Crippen LogP contribution in [0.4, 0.5) is 27.9 Å². The third kappa shape index (κ3) is 2.25. The number of aromatic nitrogens is 2. The number of carbonyl (C=O) groups is 2. The van der Waals surface area contributed by atoms with Crippen LogP contribution in [0.3, 0.4) is 0 Å². The third-order valence-electron chi connectivity index (χ3n) is 2.11. The molecule has 0 atom stereocenters. The van der Waals surface area contributed by atoms with Crippen molar-refractivity contribution in [3.63, 3.8) is 0 Å². The van der Waals surface area contributed by atoms with Gasteiger partial charge in [-0.25, -0.2) is 9.69 Å². The second kappa shape index (κ2) is 4.35. The van der Waals surface area contributed by atoms with Crippen LogP contribution < -0.4 is 4.90 Å². The average molecular weight is 301 g/mol. The Kier molecular flexibility index (Phi) is 3.15. The molecule has 0 radical (unpaired) electrons. The van der Waals surface area contributed by atoms with Gasteiger partial charge in [-0.1, -0.05) is 11.3 Å². The highest BCUT2D eigenvalue weighted by atomic mass is 35.5. The van der Waals surface area contributed by atoms with Gasteiger partial charge in [0.05, 0.1) is 0 Å². The molecule has 2 rings (SSSR count). The highest BCUT2D eigenvalue weighted by Crippen LogP contribution is 2.35. The first-order valence-electron chi connectivity index (χ1n) is 4.50. The van der Waals surface area contributed by atoms with Crippen LogP contribution in [-0.4, -0.2) is 39.6 Å². The largest absolute Gasteiger partial charge is 0.445 e. The number of anilines is 1. The summed E-state index contributed by atoms with van der Waals surface area (Å²) < 4.78 is 36.9. The van der Waals surface area contributed by atoms with E-state index in [9.17, 15) is 22.8 Å². The van der Waals surface area contributed by atoms with E-state index in [0.717, 1.165) is 4.90 Å². The van der Waals surface area contributed by atoms with Crippen molar-refractivity contribution in [2.45, 2.75) is 6.18 Å². The maximum Gasteiger partial charge on any atom is 0.445 e. The van der Waals surface area contributed by atoms with Gasteiger partial charge in [0.15, 0.2) is 0 Å². The molecule has 0 N–H and O–H groups in total. The minimum absolute atomic E-state index is 0.00208. The molecule has 0 aliphatic carbocycles. The molecule has 2 heterocycles. The van der Waals surface area contributed by atoms with Crippen LogP contribution in [0.1, 0.15) is 5.01 Å². The lowest BCUT2D eigenvalue weighted by Gasteiger charge is -2.11. The highest BCUT2D eigenvalue weighted by Gasteiger charge is 2.39. The second-order valence-electron chi connectivity index (χ2n) is 3.23. The van der Waals surface area contributed by atoms with Crippen molar-refractivity contribution in [2.24, 2.45) is 0 Å². The molecular formula is C7H4ClF3N4O2S. The van der Waals surface area contributed by atoms with Crippen molar-refractivity contribution in [2.75, 3.05) is 18.0 Å². The minimum Gasteiger partial charge on any atom is -0.266 e. The Balaban J connectivity index is 2.21. The van der Waals surface area contributed by atoms with E-state index in [1.54, 1.807) is 0 Å². The number of halogens is 4. The number of rotatable bonds is 1. The molecule has 1 aliphatic heterocycles. The van der Waals surface area contributed by atoms with Gasteiger partial charge in [0.1, 0.15) is 0 Å². The van der Waals surface area contributed by atoms with E-state index >= 15 is 0 Å². The number of amides is 3. The standard InChI is InChI=1S/C7H4ClF3N4O2S/c8-4(16)14-1-2-15(6(14)17)5-13-12-3(18-5)7(9,10)11/h1-2H2. The first kappa shape index (κ1) is 13.0. The Morgan fingerprint density at radius 3 is 2.44 bits per heavy atom. The van der Waals surface area contributed by atoms with Crippen molar-refractivity contribution in [1.29, 1.82) is 0 Å². The zero-order chi connectivity index (χ0) is 13.5. The van der Waals surface area contributed by atoms with E-state index in [-0.39, 0.29) is 29.6 Å². The Morgan fingerprint density at radius 1 is 1.33 bits per heavy atom. The second-order valence-corrected chi connectivity index (χ2v) is 4.51.